The molecule has 12 amide bonds. The Balaban J connectivity index is 0.000000172. The molecule has 8 atom stereocenters. The van der Waals surface area contributed by atoms with Gasteiger partial charge in [0.15, 0.2) is 0 Å². The molecule has 8 heterocycles. The van der Waals surface area contributed by atoms with Crippen LogP contribution in [0.3, 0.4) is 0 Å². The molecule has 150 heavy (non-hydrogen) atoms. The number of likely N-dealkylation sites (tertiary alicyclic amines) is 2. The Morgan fingerprint density at radius 1 is 0.353 bits per heavy atom. The number of carbonyl (C=O) groups excluding carboxylic acids is 12. The lowest BCUT2D eigenvalue weighted by Crippen LogP contribution is -2.47. The van der Waals surface area contributed by atoms with Crippen LogP contribution in [-0.4, -0.2) is 317 Å². The smallest absolute Gasteiger partial charge is 0.377 e. The number of carboxylic acid groups (broad SMARTS) is 1. The molecule has 9 aromatic rings. The summed E-state index contributed by atoms with van der Waals surface area (Å²) in [5.41, 5.74) is 5.76. The Morgan fingerprint density at radius 2 is 0.607 bits per heavy atom. The highest BCUT2D eigenvalue weighted by molar-refractivity contribution is 6.46. The number of carbonyl (C=O) groups is 13. The number of nitro benzene ring substituents is 3. The monoisotopic (exact) mass is 2110 g/mol. The molecule has 8 fully saturated rings. The van der Waals surface area contributed by atoms with E-state index in [1.807, 2.05) is 0 Å². The molecule has 9 aromatic carbocycles. The van der Waals surface area contributed by atoms with Gasteiger partial charge in [-0.15, -0.1) is 0 Å². The highest BCUT2D eigenvalue weighted by atomic mass is 35.5. The predicted octanol–water partition coefficient (Wildman–Crippen LogP) is 8.13. The van der Waals surface area contributed by atoms with Gasteiger partial charge in [-0.25, -0.2) is 24.0 Å². The molecule has 8 aliphatic rings. The number of aliphatic hydroxyl groups is 3. The normalized spacial score (nSPS) is 19.4. The number of morpholine rings is 4. The first-order valence-corrected chi connectivity index (χ1v) is 47.5. The van der Waals surface area contributed by atoms with Gasteiger partial charge in [-0.2, -0.15) is 0 Å². The molecule has 52 heteroatoms. The SMILES string of the molecule is CB(O)N1C[C@@H](OC(=O)c2ccc([N+](=O)[O-])cc2)C[C@@H]1C(=O)Nc1ccc(N2CCOCC2=O)cc1.CB(O)N1C[C@H](O)C[C@@H]1C(=O)Nc1ccc(N2CCOCC2=O)cc1.CO.O=C(Nc1ccc(N2CCOCC2=O)cc1)[C@H]1C[C@H](O)CN1C(=O)Nc1ccc(Cl)cc1.O=C(O)c1ccc([N+](=O)[O-])cc1.O=C(O[C@H]1C[C@H](C(=O)Nc2ccc(N3CCOCC3=O)cc2)N(C(=O)Nc2ccc(Cl)cc2)C1)c1ccc([N+](=O)[O-])cc1. The van der Waals surface area contributed by atoms with Crippen LogP contribution in [0, 0.1) is 30.3 Å². The van der Waals surface area contributed by atoms with Gasteiger partial charge < -0.3 is 130 Å². The number of rotatable bonds is 24. The Labute approximate surface area is 866 Å². The van der Waals surface area contributed by atoms with E-state index in [0.717, 1.165) is 30.6 Å². The molecule has 17 rings (SSSR count). The quantitative estimate of drug-likeness (QED) is 0.0117. The van der Waals surface area contributed by atoms with Crippen molar-refractivity contribution in [2.45, 2.75) is 87.9 Å². The molecule has 0 unspecified atom stereocenters. The molecule has 0 spiro atoms. The molecule has 8 saturated heterocycles. The number of carboxylic acids is 1. The fourth-order valence-electron chi connectivity index (χ4n) is 16.8. The number of anilines is 10. The van der Waals surface area contributed by atoms with E-state index in [-0.39, 0.29) is 147 Å². The maximum Gasteiger partial charge on any atom is 0.377 e. The van der Waals surface area contributed by atoms with Crippen LogP contribution in [0.5, 0.6) is 0 Å². The minimum atomic E-state index is -1.09. The summed E-state index contributed by atoms with van der Waals surface area (Å²) in [6.45, 7) is 7.38. The topological polar surface area (TPSA) is 626 Å². The number of hydrogen-bond acceptors (Lipinski definition) is 32. The van der Waals surface area contributed by atoms with Gasteiger partial charge >= 0.3 is 44.1 Å². The maximum absolute atomic E-state index is 13.4. The number of aliphatic hydroxyl groups excluding tert-OH is 3. The zero-order valence-corrected chi connectivity index (χ0v) is 82.3. The van der Waals surface area contributed by atoms with E-state index < -0.39 is 119 Å². The lowest BCUT2D eigenvalue weighted by atomic mass is 9.84. The van der Waals surface area contributed by atoms with Crippen LogP contribution in [0.1, 0.15) is 56.8 Å². The van der Waals surface area contributed by atoms with Crippen molar-refractivity contribution in [3.05, 3.63) is 275 Å². The molecule has 0 saturated carbocycles. The number of aromatic carboxylic acids is 1. The van der Waals surface area contributed by atoms with Crippen molar-refractivity contribution in [2.75, 3.05) is 164 Å². The lowest BCUT2D eigenvalue weighted by Gasteiger charge is -2.27. The van der Waals surface area contributed by atoms with Crippen molar-refractivity contribution in [3.63, 3.8) is 0 Å². The van der Waals surface area contributed by atoms with Crippen molar-refractivity contribution in [1.82, 2.24) is 19.4 Å². The van der Waals surface area contributed by atoms with Crippen LogP contribution in [0.15, 0.2) is 218 Å². The second-order valence-electron chi connectivity index (χ2n) is 34.5. The summed E-state index contributed by atoms with van der Waals surface area (Å²) < 4.78 is 31.7. The van der Waals surface area contributed by atoms with Gasteiger partial charge in [-0.1, -0.05) is 23.2 Å². The van der Waals surface area contributed by atoms with Gasteiger partial charge in [0.2, 0.25) is 23.6 Å². The highest BCUT2D eigenvalue weighted by Crippen LogP contribution is 2.33. The van der Waals surface area contributed by atoms with Gasteiger partial charge in [-0.3, -0.25) is 68.7 Å². The summed E-state index contributed by atoms with van der Waals surface area (Å²) in [5, 5.41) is 105. The zero-order valence-electron chi connectivity index (χ0n) is 80.8. The fraction of sp³-hybridized carbons (Fsp3) is 0.316. The number of benzene rings is 9. The number of amides is 12. The van der Waals surface area contributed by atoms with E-state index in [1.165, 1.54) is 82.1 Å². The largest absolute Gasteiger partial charge is 0.478 e. The summed E-state index contributed by atoms with van der Waals surface area (Å²) in [4.78, 5) is 204. The Bertz CT molecular complexity index is 6280. The molecule has 48 nitrogen and oxygen atoms in total. The first-order valence-electron chi connectivity index (χ1n) is 46.8. The van der Waals surface area contributed by atoms with Crippen LogP contribution in [0.4, 0.5) is 83.5 Å². The van der Waals surface area contributed by atoms with Crippen LogP contribution >= 0.6 is 23.2 Å². The molecule has 0 aliphatic carbocycles. The minimum absolute atomic E-state index is 0.00399. The lowest BCUT2D eigenvalue weighted by molar-refractivity contribution is -0.385. The van der Waals surface area contributed by atoms with Crippen molar-refractivity contribution in [3.8, 4) is 0 Å². The first-order chi connectivity index (χ1) is 71.9. The van der Waals surface area contributed by atoms with Crippen LogP contribution in [0.2, 0.25) is 23.7 Å². The maximum atomic E-state index is 13.4. The summed E-state index contributed by atoms with van der Waals surface area (Å²) in [7, 11) is -0.763. The Morgan fingerprint density at radius 3 is 0.913 bits per heavy atom. The number of urea groups is 2. The summed E-state index contributed by atoms with van der Waals surface area (Å²) >= 11 is 11.8. The molecule has 12 N–H and O–H groups in total. The molecule has 0 bridgehead atoms. The van der Waals surface area contributed by atoms with E-state index in [0.29, 0.717) is 108 Å². The number of halogens is 2. The number of non-ortho nitro benzene ring substituents is 3. The van der Waals surface area contributed by atoms with Crippen LogP contribution in [0.25, 0.3) is 0 Å². The van der Waals surface area contributed by atoms with Crippen molar-refractivity contribution < 1.29 is 136 Å². The number of ether oxygens (including phenoxy) is 6. The van der Waals surface area contributed by atoms with Crippen molar-refractivity contribution in [1.29, 1.82) is 0 Å². The first kappa shape index (κ1) is 113. The van der Waals surface area contributed by atoms with Gasteiger partial charge in [0.1, 0.15) is 50.7 Å². The third-order valence-electron chi connectivity index (χ3n) is 24.3. The molecular formula is C98H105B2Cl2N17O31. The van der Waals surface area contributed by atoms with Gasteiger partial charge in [-0.05, 0) is 202 Å². The standard InChI is InChI=1S/C29H26ClN5O8.C23H25BN4O8.C22H23ClN4O5.C16H22BN3O5.C7H5NO4.CH4O/c30-19-3-5-21(6-4-19)32-29(39)34-16-24(43-28(38)18-1-9-23(10-2-18)35(40)41)15-25(34)27(37)31-20-7-11-22(12-8-20)33-13-14-42-17-26(33)36;1-24(32)27-13-19(36-23(31)15-2-6-18(7-3-15)28(33)34)12-20(27)22(30)25-16-4-8-17(9-5-16)26-10-11-35-14-21(26)29;23-14-1-3-16(4-2-14)25-22(31)27-12-18(28)11-19(27)21(30)24-15-5-7-17(8-6-15)26-9-10-32-13-20(26)29;1-17(24)20-9-13(21)8-14(20)16(23)18-11-2-4-12(5-3-11)19-6-7-25-10-15(19)22;9-7(10)5-1-3-6(4-2-5)8(11)12;1-2/h1-12,24-25H,13-17H2,(H,31,37)(H,32,39);2-9,19-20,32H,10-14H2,1H3,(H,25,30);1-8,18-19,28H,9-13H2,(H,24,30)(H,25,31);2-5,13-14,21,24H,6-10H2,1H3,(H,18,23);1-4H,(H,9,10);2H,1H3/t24-,25+;19-,20+;18-,19+;13-,14-;;/m0001../s1. The number of nitro groups is 3. The minimum Gasteiger partial charge on any atom is -0.478 e. The van der Waals surface area contributed by atoms with E-state index >= 15 is 0 Å². The third-order valence-corrected chi connectivity index (χ3v) is 24.8. The number of β-amino-alcohol motifs (C(OH)–C–C–N with tert-alkyl or cyclic N) is 2. The fourth-order valence-corrected chi connectivity index (χ4v) is 17.0. The molecule has 0 aromatic heterocycles. The van der Waals surface area contributed by atoms with Gasteiger partial charge in [0.25, 0.3) is 40.7 Å². The number of hydrogen-bond donors (Lipinski definition) is 12. The van der Waals surface area contributed by atoms with Crippen LogP contribution < -0.4 is 51.5 Å². The third kappa shape index (κ3) is 31.2. The number of esters is 2. The molecular weight excluding hydrogens is 2000 g/mol. The van der Waals surface area contributed by atoms with Gasteiger partial charge in [0.05, 0.1) is 88.7 Å². The van der Waals surface area contributed by atoms with E-state index in [4.69, 9.17) is 61.8 Å². The summed E-state index contributed by atoms with van der Waals surface area (Å²) in [5.74, 6) is -4.56. The Kier molecular flexibility index (Phi) is 40.4. The number of nitrogens with zero attached hydrogens (tertiary/aromatic N) is 11. The molecule has 8 aliphatic heterocycles. The van der Waals surface area contributed by atoms with Crippen molar-refractivity contribution >= 4 is 188 Å². The van der Waals surface area contributed by atoms with E-state index in [1.54, 1.807) is 177 Å². The van der Waals surface area contributed by atoms with Gasteiger partial charge in [0, 0.05) is 176 Å². The zero-order chi connectivity index (χ0) is 108. The average Bonchev–Trinajstić information content (AvgIpc) is 1.64. The van der Waals surface area contributed by atoms with E-state index in [2.05, 4.69) is 31.9 Å². The predicted molar refractivity (Wildman–Crippen MR) is 547 cm³/mol. The molecule has 788 valence electrons. The number of nitrogens with one attached hydrogen (secondary N) is 6. The average molecular weight is 2110 g/mol. The summed E-state index contributed by atoms with van der Waals surface area (Å²) in [6, 6.07) is 50.9. The molecule has 0 radical (unpaired) electrons. The van der Waals surface area contributed by atoms with Crippen molar-refractivity contribution in [2.24, 2.45) is 0 Å². The Hall–Kier alpha value is -15.8. The van der Waals surface area contributed by atoms with Crippen LogP contribution in [-0.2, 0) is 66.8 Å². The second-order valence-corrected chi connectivity index (χ2v) is 35.3. The highest BCUT2D eigenvalue weighted by Gasteiger charge is 2.46. The summed E-state index contributed by atoms with van der Waals surface area (Å²) in [6.07, 6.45) is -2.31. The van der Waals surface area contributed by atoms with E-state index in [9.17, 15) is 113 Å². The second kappa shape index (κ2) is 53.7.